The van der Waals surface area contributed by atoms with Gasteiger partial charge >= 0.3 is 4.87 Å². The van der Waals surface area contributed by atoms with Crippen molar-refractivity contribution in [2.45, 2.75) is 32.1 Å². The summed E-state index contributed by atoms with van der Waals surface area (Å²) >= 11 is 1.03. The molecule has 0 radical (unpaired) electrons. The van der Waals surface area contributed by atoms with Crippen molar-refractivity contribution in [3.8, 4) is 11.6 Å². The minimum Gasteiger partial charge on any atom is -0.494 e. The summed E-state index contributed by atoms with van der Waals surface area (Å²) in [6.45, 7) is 0.972. The molecule has 24 heavy (non-hydrogen) atoms. The molecule has 2 unspecified atom stereocenters. The second-order valence-electron chi connectivity index (χ2n) is 6.50. The van der Waals surface area contributed by atoms with Crippen molar-refractivity contribution in [3.05, 3.63) is 44.4 Å². The third-order valence-corrected chi connectivity index (χ3v) is 5.50. The molecule has 1 aromatic heterocycles. The highest BCUT2D eigenvalue weighted by Crippen LogP contribution is 2.29. The Labute approximate surface area is 144 Å². The van der Waals surface area contributed by atoms with E-state index in [1.807, 2.05) is 24.3 Å². The van der Waals surface area contributed by atoms with Crippen molar-refractivity contribution in [3.63, 3.8) is 0 Å². The van der Waals surface area contributed by atoms with Crippen molar-refractivity contribution in [1.82, 2.24) is 4.98 Å². The number of aliphatic hydroxyl groups is 1. The van der Waals surface area contributed by atoms with Crippen LogP contribution in [0.15, 0.2) is 29.1 Å². The van der Waals surface area contributed by atoms with Gasteiger partial charge in [0, 0.05) is 13.0 Å². The Hall–Kier alpha value is -1.79. The second-order valence-corrected chi connectivity index (χ2v) is 7.57. The lowest BCUT2D eigenvalue weighted by molar-refractivity contribution is 0.129. The maximum Gasteiger partial charge on any atom is 0.307 e. The summed E-state index contributed by atoms with van der Waals surface area (Å²) in [6, 6.07) is 7.76. The first kappa shape index (κ1) is 17.0. The number of aromatic amines is 1. The van der Waals surface area contributed by atoms with E-state index in [1.165, 1.54) is 12.8 Å². The third kappa shape index (κ3) is 4.39. The van der Waals surface area contributed by atoms with Gasteiger partial charge in [-0.2, -0.15) is 0 Å². The minimum atomic E-state index is -0.240. The van der Waals surface area contributed by atoms with Crippen LogP contribution in [0, 0.1) is 11.8 Å². The summed E-state index contributed by atoms with van der Waals surface area (Å²) in [5, 5.41) is 18.9. The number of hydrogen-bond donors (Lipinski definition) is 3. The van der Waals surface area contributed by atoms with Crippen molar-refractivity contribution < 1.29 is 14.9 Å². The quantitative estimate of drug-likeness (QED) is 0.749. The maximum atomic E-state index is 11.2. The van der Waals surface area contributed by atoms with E-state index in [2.05, 4.69) is 4.98 Å². The number of benzene rings is 1. The molecule has 1 aliphatic rings. The number of rotatable bonds is 6. The van der Waals surface area contributed by atoms with Gasteiger partial charge in [-0.3, -0.25) is 9.78 Å². The largest absolute Gasteiger partial charge is 0.494 e. The molecule has 0 aliphatic heterocycles. The molecule has 2 aromatic rings. The van der Waals surface area contributed by atoms with Crippen LogP contribution in [0.5, 0.6) is 11.6 Å². The van der Waals surface area contributed by atoms with Crippen LogP contribution in [0.2, 0.25) is 0 Å². The average molecular weight is 349 g/mol. The molecule has 1 aliphatic carbocycles. The molecule has 0 bridgehead atoms. The summed E-state index contributed by atoms with van der Waals surface area (Å²) in [5.41, 5.74) is 1.02. The van der Waals surface area contributed by atoms with Gasteiger partial charge in [-0.1, -0.05) is 29.9 Å². The fourth-order valence-electron chi connectivity index (χ4n) is 3.29. The van der Waals surface area contributed by atoms with Crippen LogP contribution < -0.4 is 9.61 Å². The van der Waals surface area contributed by atoms with Crippen LogP contribution in [0.25, 0.3) is 0 Å². The number of ether oxygens (including phenoxy) is 1. The van der Waals surface area contributed by atoms with Gasteiger partial charge in [0.1, 0.15) is 5.75 Å². The Balaban J connectivity index is 1.53. The molecule has 1 aromatic carbocycles. The van der Waals surface area contributed by atoms with Gasteiger partial charge < -0.3 is 14.9 Å². The predicted molar refractivity (Wildman–Crippen MR) is 93.9 cm³/mol. The van der Waals surface area contributed by atoms with Gasteiger partial charge in [0.25, 0.3) is 0 Å². The molecule has 130 valence electrons. The van der Waals surface area contributed by atoms with E-state index >= 15 is 0 Å². The lowest BCUT2D eigenvalue weighted by Crippen LogP contribution is -2.23. The fraction of sp³-hybridized carbons (Fsp3) is 0.500. The van der Waals surface area contributed by atoms with Crippen LogP contribution in [-0.4, -0.2) is 28.4 Å². The zero-order chi connectivity index (χ0) is 16.9. The molecule has 2 atom stereocenters. The Morgan fingerprint density at radius 1 is 1.21 bits per heavy atom. The number of aliphatic hydroxyl groups excluding tert-OH is 1. The van der Waals surface area contributed by atoms with Crippen molar-refractivity contribution >= 4 is 11.3 Å². The lowest BCUT2D eigenvalue weighted by Gasteiger charge is -2.27. The SMILES string of the molecule is O=c1[nH]c(O)c(Cc2ccc(OCC3CCCC(CO)C3)cc2)s1. The van der Waals surface area contributed by atoms with Gasteiger partial charge in [0.15, 0.2) is 0 Å². The molecule has 0 saturated heterocycles. The second kappa shape index (κ2) is 7.85. The van der Waals surface area contributed by atoms with E-state index in [4.69, 9.17) is 4.74 Å². The van der Waals surface area contributed by atoms with Gasteiger partial charge in [0.2, 0.25) is 5.88 Å². The maximum absolute atomic E-state index is 11.2. The molecule has 1 saturated carbocycles. The van der Waals surface area contributed by atoms with Crippen molar-refractivity contribution in [2.75, 3.05) is 13.2 Å². The van der Waals surface area contributed by atoms with Crippen LogP contribution in [-0.2, 0) is 6.42 Å². The standard InChI is InChI=1S/C18H23NO4S/c20-10-13-2-1-3-14(8-13)11-23-15-6-4-12(5-7-15)9-16-17(21)19-18(22)24-16/h4-7,13-14,20-21H,1-3,8-11H2,(H,19,22). The Kier molecular flexibility index (Phi) is 5.58. The number of H-pyrrole nitrogens is 1. The molecule has 1 fully saturated rings. The summed E-state index contributed by atoms with van der Waals surface area (Å²) in [4.78, 5) is 14.0. The van der Waals surface area contributed by atoms with Crippen LogP contribution in [0.4, 0.5) is 0 Å². The molecule has 6 heteroatoms. The van der Waals surface area contributed by atoms with Crippen LogP contribution in [0.3, 0.4) is 0 Å². The van der Waals surface area contributed by atoms with Crippen molar-refractivity contribution in [1.29, 1.82) is 0 Å². The van der Waals surface area contributed by atoms with E-state index in [0.29, 0.717) is 29.7 Å². The fourth-order valence-corrected chi connectivity index (χ4v) is 4.05. The minimum absolute atomic E-state index is 0.0407. The number of hydrogen-bond acceptors (Lipinski definition) is 5. The van der Waals surface area contributed by atoms with Gasteiger partial charge in [-0.25, -0.2) is 0 Å². The van der Waals surface area contributed by atoms with Gasteiger partial charge in [0.05, 0.1) is 11.5 Å². The van der Waals surface area contributed by atoms with E-state index in [9.17, 15) is 15.0 Å². The summed E-state index contributed by atoms with van der Waals surface area (Å²) in [5.74, 6) is 1.73. The van der Waals surface area contributed by atoms with Gasteiger partial charge in [-0.05, 0) is 48.8 Å². The number of nitrogens with one attached hydrogen (secondary N) is 1. The van der Waals surface area contributed by atoms with Crippen LogP contribution in [0.1, 0.15) is 36.1 Å². The van der Waals surface area contributed by atoms with Gasteiger partial charge in [-0.15, -0.1) is 0 Å². The molecular weight excluding hydrogens is 326 g/mol. The Morgan fingerprint density at radius 2 is 1.96 bits per heavy atom. The van der Waals surface area contributed by atoms with Crippen molar-refractivity contribution in [2.24, 2.45) is 11.8 Å². The molecule has 3 rings (SSSR count). The number of thiazole rings is 1. The summed E-state index contributed by atoms with van der Waals surface area (Å²) in [7, 11) is 0. The zero-order valence-corrected chi connectivity index (χ0v) is 14.3. The molecular formula is C18H23NO4S. The molecule has 5 nitrogen and oxygen atoms in total. The summed E-state index contributed by atoms with van der Waals surface area (Å²) < 4.78 is 5.89. The highest BCUT2D eigenvalue weighted by molar-refractivity contribution is 7.09. The van der Waals surface area contributed by atoms with E-state index in [0.717, 1.165) is 35.5 Å². The molecule has 3 N–H and O–H groups in total. The number of aromatic nitrogens is 1. The van der Waals surface area contributed by atoms with E-state index < -0.39 is 0 Å². The Bertz CT molecular complexity index is 707. The lowest BCUT2D eigenvalue weighted by atomic mass is 9.82. The van der Waals surface area contributed by atoms with E-state index in [-0.39, 0.29) is 17.4 Å². The molecule has 1 heterocycles. The van der Waals surface area contributed by atoms with E-state index in [1.54, 1.807) is 0 Å². The highest BCUT2D eigenvalue weighted by Gasteiger charge is 2.21. The topological polar surface area (TPSA) is 82.6 Å². The third-order valence-electron chi connectivity index (χ3n) is 4.62. The zero-order valence-electron chi connectivity index (χ0n) is 13.5. The molecule has 0 spiro atoms. The molecule has 0 amide bonds. The predicted octanol–water partition coefficient (Wildman–Crippen LogP) is 2.91. The first-order valence-corrected chi connectivity index (χ1v) is 9.19. The normalized spacial score (nSPS) is 20.9. The highest BCUT2D eigenvalue weighted by atomic mass is 32.1. The number of aromatic hydroxyl groups is 1. The summed E-state index contributed by atoms with van der Waals surface area (Å²) in [6.07, 6.45) is 5.03. The average Bonchev–Trinajstić information content (AvgIpc) is 2.91. The smallest absolute Gasteiger partial charge is 0.307 e. The Morgan fingerprint density at radius 3 is 2.62 bits per heavy atom. The van der Waals surface area contributed by atoms with Crippen LogP contribution >= 0.6 is 11.3 Å². The monoisotopic (exact) mass is 349 g/mol. The first-order chi connectivity index (χ1) is 11.6. The first-order valence-electron chi connectivity index (χ1n) is 8.37.